The van der Waals surface area contributed by atoms with Crippen LogP contribution in [0.3, 0.4) is 0 Å². The lowest BCUT2D eigenvalue weighted by molar-refractivity contribution is -0.122. The first kappa shape index (κ1) is 14.8. The molecule has 0 aromatic heterocycles. The van der Waals surface area contributed by atoms with Crippen LogP contribution in [0.4, 0.5) is 0 Å². The van der Waals surface area contributed by atoms with E-state index < -0.39 is 0 Å². The van der Waals surface area contributed by atoms with Crippen LogP contribution in [0, 0.1) is 11.8 Å². The largest absolute Gasteiger partial charge is 0.355 e. The van der Waals surface area contributed by atoms with Gasteiger partial charge in [0.15, 0.2) is 0 Å². The standard InChI is InChI=1S/C16H22ClN3O/c17-15-3-1-2-12(6-15)4-5-19-16(21)11-20-9-13-7-18-8-14(13)10-20/h1-3,6,13-14,18H,4-5,7-11H2,(H,19,21)/t13-,14+. The Kier molecular flexibility index (Phi) is 4.78. The van der Waals surface area contributed by atoms with Crippen LogP contribution in [0.1, 0.15) is 5.56 Å². The molecule has 2 heterocycles. The number of amides is 1. The number of carbonyl (C=O) groups excluding carboxylic acids is 1. The lowest BCUT2D eigenvalue weighted by Gasteiger charge is -2.16. The fraction of sp³-hybridized carbons (Fsp3) is 0.562. The first-order chi connectivity index (χ1) is 10.2. The quantitative estimate of drug-likeness (QED) is 0.858. The molecule has 4 nitrogen and oxygen atoms in total. The molecule has 2 N–H and O–H groups in total. The molecule has 2 aliphatic heterocycles. The Hall–Kier alpha value is -1.10. The lowest BCUT2D eigenvalue weighted by atomic mass is 10.0. The molecule has 2 saturated heterocycles. The molecule has 0 bridgehead atoms. The summed E-state index contributed by atoms with van der Waals surface area (Å²) in [5.74, 6) is 1.61. The highest BCUT2D eigenvalue weighted by Crippen LogP contribution is 2.25. The van der Waals surface area contributed by atoms with E-state index in [-0.39, 0.29) is 5.91 Å². The predicted molar refractivity (Wildman–Crippen MR) is 84.5 cm³/mol. The van der Waals surface area contributed by atoms with Gasteiger partial charge in [0, 0.05) is 24.7 Å². The van der Waals surface area contributed by atoms with Crippen molar-refractivity contribution in [2.75, 3.05) is 39.3 Å². The topological polar surface area (TPSA) is 44.4 Å². The molecule has 1 aromatic carbocycles. The number of halogens is 1. The molecule has 1 aromatic rings. The summed E-state index contributed by atoms with van der Waals surface area (Å²) in [6.07, 6.45) is 0.821. The van der Waals surface area contributed by atoms with E-state index in [1.165, 1.54) is 0 Å². The molecular formula is C16H22ClN3O. The molecule has 0 unspecified atom stereocenters. The van der Waals surface area contributed by atoms with Gasteiger partial charge in [0.05, 0.1) is 6.54 Å². The van der Waals surface area contributed by atoms with Crippen molar-refractivity contribution in [2.24, 2.45) is 11.8 Å². The third kappa shape index (κ3) is 3.96. The minimum Gasteiger partial charge on any atom is -0.355 e. The van der Waals surface area contributed by atoms with Gasteiger partial charge in [0.2, 0.25) is 5.91 Å². The second-order valence-electron chi connectivity index (χ2n) is 6.10. The third-order valence-electron chi connectivity index (χ3n) is 4.46. The van der Waals surface area contributed by atoms with Crippen LogP contribution >= 0.6 is 11.6 Å². The molecule has 2 atom stereocenters. The van der Waals surface area contributed by atoms with E-state index in [9.17, 15) is 4.79 Å². The summed E-state index contributed by atoms with van der Waals surface area (Å²) >= 11 is 5.95. The van der Waals surface area contributed by atoms with E-state index in [4.69, 9.17) is 11.6 Å². The van der Waals surface area contributed by atoms with Crippen LogP contribution in [0.15, 0.2) is 24.3 Å². The number of fused-ring (bicyclic) bond motifs is 1. The van der Waals surface area contributed by atoms with Gasteiger partial charge >= 0.3 is 0 Å². The van der Waals surface area contributed by atoms with Crippen molar-refractivity contribution in [2.45, 2.75) is 6.42 Å². The fourth-order valence-electron chi connectivity index (χ4n) is 3.38. The first-order valence-electron chi connectivity index (χ1n) is 7.65. The molecule has 0 aliphatic carbocycles. The Morgan fingerprint density at radius 1 is 1.33 bits per heavy atom. The lowest BCUT2D eigenvalue weighted by Crippen LogP contribution is -2.38. The van der Waals surface area contributed by atoms with Gasteiger partial charge in [-0.2, -0.15) is 0 Å². The molecule has 2 fully saturated rings. The summed E-state index contributed by atoms with van der Waals surface area (Å²) in [4.78, 5) is 14.3. The maximum atomic E-state index is 12.0. The fourth-order valence-corrected chi connectivity index (χ4v) is 3.59. The zero-order valence-electron chi connectivity index (χ0n) is 12.1. The summed E-state index contributed by atoms with van der Waals surface area (Å²) < 4.78 is 0. The van der Waals surface area contributed by atoms with Gasteiger partial charge in [-0.1, -0.05) is 23.7 Å². The number of nitrogens with zero attached hydrogens (tertiary/aromatic N) is 1. The Morgan fingerprint density at radius 3 is 2.81 bits per heavy atom. The van der Waals surface area contributed by atoms with Gasteiger partial charge in [-0.05, 0) is 49.0 Å². The Balaban J connectivity index is 1.37. The van der Waals surface area contributed by atoms with Crippen molar-refractivity contribution < 1.29 is 4.79 Å². The van der Waals surface area contributed by atoms with Gasteiger partial charge in [-0.15, -0.1) is 0 Å². The van der Waals surface area contributed by atoms with E-state index in [0.717, 1.165) is 55.0 Å². The molecule has 3 rings (SSSR count). The highest BCUT2D eigenvalue weighted by atomic mass is 35.5. The summed E-state index contributed by atoms with van der Waals surface area (Å²) in [6, 6.07) is 7.79. The molecule has 0 spiro atoms. The SMILES string of the molecule is O=C(CN1C[C@H]2CNC[C@H]2C1)NCCc1cccc(Cl)c1. The minimum atomic E-state index is 0.130. The second-order valence-corrected chi connectivity index (χ2v) is 6.54. The number of likely N-dealkylation sites (tertiary alicyclic amines) is 1. The molecule has 0 radical (unpaired) electrons. The van der Waals surface area contributed by atoms with Gasteiger partial charge < -0.3 is 10.6 Å². The highest BCUT2D eigenvalue weighted by molar-refractivity contribution is 6.30. The van der Waals surface area contributed by atoms with Crippen LogP contribution < -0.4 is 10.6 Å². The first-order valence-corrected chi connectivity index (χ1v) is 8.03. The molecule has 114 valence electrons. The smallest absolute Gasteiger partial charge is 0.234 e. The van der Waals surface area contributed by atoms with Crippen LogP contribution in [-0.4, -0.2) is 50.1 Å². The number of carbonyl (C=O) groups is 1. The van der Waals surface area contributed by atoms with E-state index in [1.54, 1.807) is 0 Å². The van der Waals surface area contributed by atoms with E-state index in [2.05, 4.69) is 15.5 Å². The average Bonchev–Trinajstić information content (AvgIpc) is 2.99. The number of hydrogen-bond acceptors (Lipinski definition) is 3. The number of hydrogen-bond donors (Lipinski definition) is 2. The predicted octanol–water partition coefficient (Wildman–Crippen LogP) is 1.15. The molecule has 1 amide bonds. The minimum absolute atomic E-state index is 0.130. The van der Waals surface area contributed by atoms with E-state index in [1.807, 2.05) is 24.3 Å². The molecule has 21 heavy (non-hydrogen) atoms. The van der Waals surface area contributed by atoms with Crippen molar-refractivity contribution in [3.63, 3.8) is 0 Å². The van der Waals surface area contributed by atoms with E-state index in [0.29, 0.717) is 13.1 Å². The Bertz CT molecular complexity index is 496. The normalized spacial score (nSPS) is 25.0. The van der Waals surface area contributed by atoms with Gasteiger partial charge in [-0.3, -0.25) is 9.69 Å². The van der Waals surface area contributed by atoms with Crippen molar-refractivity contribution in [3.8, 4) is 0 Å². The van der Waals surface area contributed by atoms with Crippen molar-refractivity contribution >= 4 is 17.5 Å². The Labute approximate surface area is 130 Å². The number of nitrogens with one attached hydrogen (secondary N) is 2. The van der Waals surface area contributed by atoms with Crippen molar-refractivity contribution in [1.29, 1.82) is 0 Å². The Morgan fingerprint density at radius 2 is 2.10 bits per heavy atom. The third-order valence-corrected chi connectivity index (χ3v) is 4.69. The molecule has 0 saturated carbocycles. The molecule has 5 heteroatoms. The maximum Gasteiger partial charge on any atom is 0.234 e. The van der Waals surface area contributed by atoms with Gasteiger partial charge in [0.1, 0.15) is 0 Å². The van der Waals surface area contributed by atoms with Gasteiger partial charge in [0.25, 0.3) is 0 Å². The summed E-state index contributed by atoms with van der Waals surface area (Å²) in [5, 5.41) is 7.17. The summed E-state index contributed by atoms with van der Waals surface area (Å²) in [6.45, 7) is 5.53. The van der Waals surface area contributed by atoms with Crippen LogP contribution in [0.2, 0.25) is 5.02 Å². The van der Waals surface area contributed by atoms with Crippen molar-refractivity contribution in [3.05, 3.63) is 34.9 Å². The number of rotatable bonds is 5. The summed E-state index contributed by atoms with van der Waals surface area (Å²) in [5.41, 5.74) is 1.16. The average molecular weight is 308 g/mol. The zero-order valence-corrected chi connectivity index (χ0v) is 12.9. The molecule has 2 aliphatic rings. The zero-order chi connectivity index (χ0) is 14.7. The van der Waals surface area contributed by atoms with E-state index >= 15 is 0 Å². The monoisotopic (exact) mass is 307 g/mol. The molecular weight excluding hydrogens is 286 g/mol. The van der Waals surface area contributed by atoms with Crippen molar-refractivity contribution in [1.82, 2.24) is 15.5 Å². The van der Waals surface area contributed by atoms with Crippen LogP contribution in [0.5, 0.6) is 0 Å². The van der Waals surface area contributed by atoms with Gasteiger partial charge in [-0.25, -0.2) is 0 Å². The van der Waals surface area contributed by atoms with Crippen LogP contribution in [0.25, 0.3) is 0 Å². The maximum absolute atomic E-state index is 12.0. The number of benzene rings is 1. The summed E-state index contributed by atoms with van der Waals surface area (Å²) in [7, 11) is 0. The highest BCUT2D eigenvalue weighted by Gasteiger charge is 2.36. The van der Waals surface area contributed by atoms with Crippen LogP contribution in [-0.2, 0) is 11.2 Å². The second kappa shape index (κ2) is 6.77.